The maximum absolute atomic E-state index is 13.7. The lowest BCUT2D eigenvalue weighted by molar-refractivity contribution is 0.0970. The maximum Gasteiger partial charge on any atom is 0.297 e. The third-order valence-corrected chi connectivity index (χ3v) is 6.72. The Kier molecular flexibility index (Phi) is 5.69. The fourth-order valence-corrected chi connectivity index (χ4v) is 4.88. The number of aryl methyl sites for hydroxylation is 2. The summed E-state index contributed by atoms with van der Waals surface area (Å²) in [5.41, 5.74) is 2.19. The number of ether oxygens (including phenoxy) is 1. The normalized spacial score (nSPS) is 15.4. The van der Waals surface area contributed by atoms with Crippen LogP contribution >= 0.6 is 11.3 Å². The summed E-state index contributed by atoms with van der Waals surface area (Å²) in [4.78, 5) is 28.8. The van der Waals surface area contributed by atoms with Crippen molar-refractivity contribution in [1.29, 1.82) is 0 Å². The number of rotatable bonds is 6. The van der Waals surface area contributed by atoms with Crippen LogP contribution in [0.5, 0.6) is 5.75 Å². The molecule has 5 rings (SSSR count). The lowest BCUT2D eigenvalue weighted by Crippen LogP contribution is -2.29. The second kappa shape index (κ2) is 8.68. The van der Waals surface area contributed by atoms with E-state index in [0.29, 0.717) is 39.9 Å². The van der Waals surface area contributed by atoms with Gasteiger partial charge in [-0.3, -0.25) is 14.5 Å². The van der Waals surface area contributed by atoms with Crippen molar-refractivity contribution in [1.82, 2.24) is 10.2 Å². The molecule has 1 atom stereocenters. The molecule has 0 radical (unpaired) electrons. The summed E-state index contributed by atoms with van der Waals surface area (Å²) in [5, 5.41) is 9.90. The van der Waals surface area contributed by atoms with Gasteiger partial charge in [-0.25, -0.2) is 0 Å². The number of carbonyl (C=O) groups is 1. The molecular weight excluding hydrogens is 450 g/mol. The number of fused-ring (bicyclic) bond motifs is 2. The van der Waals surface area contributed by atoms with E-state index in [1.807, 2.05) is 44.2 Å². The number of hydrogen-bond acceptors (Lipinski definition) is 7. The van der Waals surface area contributed by atoms with Crippen LogP contribution in [0.15, 0.2) is 51.7 Å². The summed E-state index contributed by atoms with van der Waals surface area (Å²) < 4.78 is 12.0. The molecule has 0 saturated carbocycles. The molecule has 8 heteroatoms. The van der Waals surface area contributed by atoms with Crippen LogP contribution in [0.1, 0.15) is 58.6 Å². The van der Waals surface area contributed by atoms with E-state index in [1.54, 1.807) is 12.1 Å². The SMILES string of the molecule is Cc1ccc2oc3c(c(=O)c2c1)C(c1cccc(OCCC(C)C)c1)N(c1nnc(C)s1)C3=O. The van der Waals surface area contributed by atoms with Crippen molar-refractivity contribution in [2.75, 3.05) is 11.5 Å². The molecule has 174 valence electrons. The summed E-state index contributed by atoms with van der Waals surface area (Å²) in [6, 6.07) is 12.2. The number of nitrogens with zero attached hydrogens (tertiary/aromatic N) is 3. The summed E-state index contributed by atoms with van der Waals surface area (Å²) in [7, 11) is 0. The Bertz CT molecular complexity index is 1460. The van der Waals surface area contributed by atoms with Crippen molar-refractivity contribution in [3.05, 3.63) is 80.1 Å². The van der Waals surface area contributed by atoms with E-state index in [0.717, 1.165) is 22.6 Å². The highest BCUT2D eigenvalue weighted by atomic mass is 32.1. The fourth-order valence-electron chi connectivity index (χ4n) is 4.17. The van der Waals surface area contributed by atoms with Gasteiger partial charge in [0.2, 0.25) is 10.9 Å². The second-order valence-electron chi connectivity index (χ2n) is 8.96. The number of benzene rings is 2. The molecule has 3 heterocycles. The Hall–Kier alpha value is -3.52. The predicted octanol–water partition coefficient (Wildman–Crippen LogP) is 5.44. The minimum Gasteiger partial charge on any atom is -0.494 e. The summed E-state index contributed by atoms with van der Waals surface area (Å²) in [6.07, 6.45) is 0.931. The van der Waals surface area contributed by atoms with Gasteiger partial charge in [0.15, 0.2) is 5.43 Å². The first-order chi connectivity index (χ1) is 16.3. The molecule has 1 unspecified atom stereocenters. The minimum absolute atomic E-state index is 0.0466. The molecule has 0 bridgehead atoms. The van der Waals surface area contributed by atoms with Crippen LogP contribution < -0.4 is 15.1 Å². The highest BCUT2D eigenvalue weighted by Gasteiger charge is 2.45. The van der Waals surface area contributed by atoms with Crippen LogP contribution in [0.3, 0.4) is 0 Å². The molecule has 1 amide bonds. The average molecular weight is 476 g/mol. The van der Waals surface area contributed by atoms with Crippen LogP contribution in [0.4, 0.5) is 5.13 Å². The highest BCUT2D eigenvalue weighted by Crippen LogP contribution is 2.42. The number of aromatic nitrogens is 2. The van der Waals surface area contributed by atoms with Crippen molar-refractivity contribution in [2.45, 2.75) is 40.2 Å². The van der Waals surface area contributed by atoms with Crippen LogP contribution in [-0.2, 0) is 0 Å². The van der Waals surface area contributed by atoms with Gasteiger partial charge in [0.05, 0.1) is 23.6 Å². The van der Waals surface area contributed by atoms with Crippen LogP contribution in [0.25, 0.3) is 11.0 Å². The molecular formula is C26H25N3O4S. The van der Waals surface area contributed by atoms with E-state index in [1.165, 1.54) is 16.2 Å². The number of hydrogen-bond donors (Lipinski definition) is 0. The van der Waals surface area contributed by atoms with Gasteiger partial charge in [-0.15, -0.1) is 10.2 Å². The molecule has 0 N–H and O–H groups in total. The van der Waals surface area contributed by atoms with Crippen molar-refractivity contribution in [2.24, 2.45) is 5.92 Å². The first-order valence-corrected chi connectivity index (χ1v) is 12.1. The third kappa shape index (κ3) is 3.88. The van der Waals surface area contributed by atoms with Gasteiger partial charge in [0.1, 0.15) is 16.3 Å². The van der Waals surface area contributed by atoms with Crippen LogP contribution in [0.2, 0.25) is 0 Å². The fraction of sp³-hybridized carbons (Fsp3) is 0.308. The Morgan fingerprint density at radius 3 is 2.68 bits per heavy atom. The lowest BCUT2D eigenvalue weighted by atomic mass is 9.98. The average Bonchev–Trinajstić information content (AvgIpc) is 3.35. The second-order valence-corrected chi connectivity index (χ2v) is 10.1. The molecule has 0 spiro atoms. The van der Waals surface area contributed by atoms with Gasteiger partial charge in [-0.05, 0) is 56.0 Å². The molecule has 34 heavy (non-hydrogen) atoms. The van der Waals surface area contributed by atoms with Crippen LogP contribution in [-0.4, -0.2) is 22.7 Å². The largest absolute Gasteiger partial charge is 0.494 e. The van der Waals surface area contributed by atoms with Gasteiger partial charge < -0.3 is 9.15 Å². The first kappa shape index (κ1) is 22.3. The summed E-state index contributed by atoms with van der Waals surface area (Å²) in [5.74, 6) is 0.862. The monoisotopic (exact) mass is 475 g/mol. The maximum atomic E-state index is 13.7. The van der Waals surface area contributed by atoms with Crippen molar-refractivity contribution in [3.63, 3.8) is 0 Å². The zero-order chi connectivity index (χ0) is 24.0. The zero-order valence-corrected chi connectivity index (χ0v) is 20.3. The van der Waals surface area contributed by atoms with E-state index in [-0.39, 0.29) is 11.2 Å². The van der Waals surface area contributed by atoms with E-state index in [2.05, 4.69) is 24.0 Å². The van der Waals surface area contributed by atoms with Crippen molar-refractivity contribution in [3.8, 4) is 5.75 Å². The molecule has 1 aliphatic rings. The standard InChI is InChI=1S/C26H25N3O4S/c1-14(2)10-11-32-18-7-5-6-17(13-18)22-21-23(30)19-12-15(3)8-9-20(19)33-24(21)25(31)29(22)26-28-27-16(4)34-26/h5-9,12-14,22H,10-11H2,1-4H3. The highest BCUT2D eigenvalue weighted by molar-refractivity contribution is 7.15. The van der Waals surface area contributed by atoms with Gasteiger partial charge in [0, 0.05) is 0 Å². The van der Waals surface area contributed by atoms with Gasteiger partial charge in [-0.1, -0.05) is 48.9 Å². The molecule has 1 aliphatic heterocycles. The Morgan fingerprint density at radius 2 is 1.94 bits per heavy atom. The Morgan fingerprint density at radius 1 is 1.12 bits per heavy atom. The zero-order valence-electron chi connectivity index (χ0n) is 19.5. The summed E-state index contributed by atoms with van der Waals surface area (Å²) in [6.45, 7) is 8.63. The van der Waals surface area contributed by atoms with Gasteiger partial charge in [0.25, 0.3) is 5.91 Å². The van der Waals surface area contributed by atoms with E-state index >= 15 is 0 Å². The van der Waals surface area contributed by atoms with Crippen LogP contribution in [0, 0.1) is 19.8 Å². The number of carbonyl (C=O) groups excluding carboxylic acids is 1. The Labute approximate surface area is 201 Å². The molecule has 2 aromatic carbocycles. The number of amides is 1. The molecule has 2 aromatic heterocycles. The smallest absolute Gasteiger partial charge is 0.297 e. The summed E-state index contributed by atoms with van der Waals surface area (Å²) >= 11 is 1.30. The molecule has 0 saturated heterocycles. The van der Waals surface area contributed by atoms with Gasteiger partial charge >= 0.3 is 0 Å². The van der Waals surface area contributed by atoms with E-state index in [9.17, 15) is 9.59 Å². The molecule has 4 aromatic rings. The predicted molar refractivity (Wildman–Crippen MR) is 132 cm³/mol. The third-order valence-electron chi connectivity index (χ3n) is 5.88. The first-order valence-electron chi connectivity index (χ1n) is 11.3. The van der Waals surface area contributed by atoms with E-state index < -0.39 is 11.9 Å². The number of anilines is 1. The van der Waals surface area contributed by atoms with Crippen molar-refractivity contribution >= 4 is 33.3 Å². The van der Waals surface area contributed by atoms with E-state index in [4.69, 9.17) is 9.15 Å². The molecule has 0 fully saturated rings. The van der Waals surface area contributed by atoms with Gasteiger partial charge in [-0.2, -0.15) is 0 Å². The minimum atomic E-state index is -0.690. The van der Waals surface area contributed by atoms with Crippen molar-refractivity contribution < 1.29 is 13.9 Å². The topological polar surface area (TPSA) is 85.5 Å². The lowest BCUT2D eigenvalue weighted by Gasteiger charge is -2.22. The quantitative estimate of drug-likeness (QED) is 0.369. The Balaban J connectivity index is 1.68. The molecule has 0 aliphatic carbocycles. The molecule has 7 nitrogen and oxygen atoms in total.